The van der Waals surface area contributed by atoms with Crippen LogP contribution in [0.1, 0.15) is 5.69 Å². The average molecular weight is 239 g/mol. The second-order valence-electron chi connectivity index (χ2n) is 3.06. The van der Waals surface area contributed by atoms with Gasteiger partial charge in [0, 0.05) is 6.20 Å². The largest absolute Gasteiger partial charge is 0.487 e. The van der Waals surface area contributed by atoms with Gasteiger partial charge in [-0.2, -0.15) is 0 Å². The van der Waals surface area contributed by atoms with Crippen molar-refractivity contribution in [3.8, 4) is 5.75 Å². The summed E-state index contributed by atoms with van der Waals surface area (Å²) in [5.74, 6) is 0.286. The molecule has 16 heavy (non-hydrogen) atoms. The zero-order valence-electron chi connectivity index (χ0n) is 8.23. The standard InChI is InChI=1S/C11H8ClFN2O/c12-11-14-6-5-9(15-11)7-16-10-3-1-8(13)2-4-10/h1-6H,7H2. The summed E-state index contributed by atoms with van der Waals surface area (Å²) in [5, 5.41) is 0.181. The van der Waals surface area contributed by atoms with E-state index in [0.717, 1.165) is 0 Å². The number of benzene rings is 1. The molecule has 2 rings (SSSR count). The molecule has 0 fully saturated rings. The predicted molar refractivity (Wildman–Crippen MR) is 57.8 cm³/mol. The van der Waals surface area contributed by atoms with Gasteiger partial charge >= 0.3 is 0 Å². The van der Waals surface area contributed by atoms with Crippen LogP contribution < -0.4 is 4.74 Å². The monoisotopic (exact) mass is 238 g/mol. The Bertz CT molecular complexity index is 476. The number of aromatic nitrogens is 2. The lowest BCUT2D eigenvalue weighted by molar-refractivity contribution is 0.300. The second kappa shape index (κ2) is 4.90. The minimum absolute atomic E-state index is 0.181. The van der Waals surface area contributed by atoms with Gasteiger partial charge in [-0.3, -0.25) is 0 Å². The fourth-order valence-electron chi connectivity index (χ4n) is 1.14. The van der Waals surface area contributed by atoms with Gasteiger partial charge in [-0.05, 0) is 41.9 Å². The van der Waals surface area contributed by atoms with Crippen LogP contribution in [0.4, 0.5) is 4.39 Å². The molecule has 0 unspecified atom stereocenters. The van der Waals surface area contributed by atoms with Crippen LogP contribution in [0.15, 0.2) is 36.5 Å². The van der Waals surface area contributed by atoms with E-state index in [4.69, 9.17) is 16.3 Å². The summed E-state index contributed by atoms with van der Waals surface area (Å²) in [4.78, 5) is 7.72. The Morgan fingerprint density at radius 1 is 1.19 bits per heavy atom. The van der Waals surface area contributed by atoms with Crippen molar-refractivity contribution in [2.45, 2.75) is 6.61 Å². The van der Waals surface area contributed by atoms with E-state index in [0.29, 0.717) is 11.4 Å². The normalized spacial score (nSPS) is 10.1. The lowest BCUT2D eigenvalue weighted by Crippen LogP contribution is -1.99. The lowest BCUT2D eigenvalue weighted by Gasteiger charge is -2.05. The zero-order chi connectivity index (χ0) is 11.4. The molecule has 0 aliphatic heterocycles. The molecule has 0 saturated carbocycles. The molecule has 2 aromatic rings. The molecule has 1 aromatic heterocycles. The van der Waals surface area contributed by atoms with E-state index in [2.05, 4.69) is 9.97 Å². The molecule has 0 saturated heterocycles. The first-order chi connectivity index (χ1) is 7.74. The Balaban J connectivity index is 1.99. The van der Waals surface area contributed by atoms with Crippen LogP contribution in [-0.2, 0) is 6.61 Å². The van der Waals surface area contributed by atoms with Gasteiger partial charge < -0.3 is 4.74 Å². The van der Waals surface area contributed by atoms with Gasteiger partial charge in [-0.15, -0.1) is 0 Å². The summed E-state index contributed by atoms with van der Waals surface area (Å²) in [6, 6.07) is 7.48. The lowest BCUT2D eigenvalue weighted by atomic mass is 10.3. The SMILES string of the molecule is Fc1ccc(OCc2ccnc(Cl)n2)cc1. The maximum absolute atomic E-state index is 12.6. The van der Waals surface area contributed by atoms with Crippen molar-refractivity contribution >= 4 is 11.6 Å². The van der Waals surface area contributed by atoms with Crippen molar-refractivity contribution in [2.75, 3.05) is 0 Å². The first-order valence-electron chi connectivity index (χ1n) is 4.60. The third-order valence-electron chi connectivity index (χ3n) is 1.88. The average Bonchev–Trinajstić information content (AvgIpc) is 2.28. The number of rotatable bonds is 3. The number of hydrogen-bond acceptors (Lipinski definition) is 3. The summed E-state index contributed by atoms with van der Waals surface area (Å²) in [6.07, 6.45) is 1.55. The Hall–Kier alpha value is -1.68. The number of hydrogen-bond donors (Lipinski definition) is 0. The van der Waals surface area contributed by atoms with Gasteiger partial charge in [0.25, 0.3) is 0 Å². The molecule has 0 amide bonds. The minimum atomic E-state index is -0.294. The molecule has 3 nitrogen and oxygen atoms in total. The Labute approximate surface area is 96.9 Å². The van der Waals surface area contributed by atoms with Crippen LogP contribution in [0.5, 0.6) is 5.75 Å². The number of halogens is 2. The summed E-state index contributed by atoms with van der Waals surface area (Å²) in [7, 11) is 0. The van der Waals surface area contributed by atoms with Gasteiger partial charge in [0.1, 0.15) is 18.2 Å². The molecule has 5 heteroatoms. The van der Waals surface area contributed by atoms with Crippen molar-refractivity contribution in [2.24, 2.45) is 0 Å². The molecule has 0 bridgehead atoms. The number of nitrogens with zero attached hydrogens (tertiary/aromatic N) is 2. The molecular formula is C11H8ClFN2O. The molecule has 1 heterocycles. The topological polar surface area (TPSA) is 35.0 Å². The molecule has 0 N–H and O–H groups in total. The highest BCUT2D eigenvalue weighted by Gasteiger charge is 1.99. The molecular weight excluding hydrogens is 231 g/mol. The summed E-state index contributed by atoms with van der Waals surface area (Å²) in [6.45, 7) is 0.272. The molecule has 0 spiro atoms. The highest BCUT2D eigenvalue weighted by molar-refractivity contribution is 6.28. The van der Waals surface area contributed by atoms with Crippen molar-refractivity contribution in [1.29, 1.82) is 0 Å². The van der Waals surface area contributed by atoms with Crippen molar-refractivity contribution in [3.05, 3.63) is 53.3 Å². The smallest absolute Gasteiger partial charge is 0.222 e. The zero-order valence-corrected chi connectivity index (χ0v) is 8.99. The van der Waals surface area contributed by atoms with E-state index in [1.165, 1.54) is 12.1 Å². The first-order valence-corrected chi connectivity index (χ1v) is 4.97. The Morgan fingerprint density at radius 3 is 2.62 bits per heavy atom. The fourth-order valence-corrected chi connectivity index (χ4v) is 1.30. The molecule has 82 valence electrons. The summed E-state index contributed by atoms with van der Waals surface area (Å²) >= 11 is 5.62. The second-order valence-corrected chi connectivity index (χ2v) is 3.40. The van der Waals surface area contributed by atoms with E-state index in [1.54, 1.807) is 24.4 Å². The van der Waals surface area contributed by atoms with Crippen LogP contribution in [0, 0.1) is 5.82 Å². The highest BCUT2D eigenvalue weighted by Crippen LogP contribution is 2.13. The van der Waals surface area contributed by atoms with Crippen LogP contribution in [0.2, 0.25) is 5.28 Å². The molecule has 0 aliphatic rings. The van der Waals surface area contributed by atoms with Gasteiger partial charge in [-0.1, -0.05) is 0 Å². The van der Waals surface area contributed by atoms with Gasteiger partial charge in [0.05, 0.1) is 5.69 Å². The maximum atomic E-state index is 12.6. The van der Waals surface area contributed by atoms with E-state index in [9.17, 15) is 4.39 Å². The quantitative estimate of drug-likeness (QED) is 0.772. The fraction of sp³-hybridized carbons (Fsp3) is 0.0909. The van der Waals surface area contributed by atoms with Crippen molar-refractivity contribution in [1.82, 2.24) is 9.97 Å². The molecule has 0 radical (unpaired) electrons. The molecule has 0 aliphatic carbocycles. The van der Waals surface area contributed by atoms with Gasteiger partial charge in [0.2, 0.25) is 5.28 Å². The summed E-state index contributed by atoms with van der Waals surface area (Å²) < 4.78 is 18.0. The van der Waals surface area contributed by atoms with Gasteiger partial charge in [0.15, 0.2) is 0 Å². The number of ether oxygens (including phenoxy) is 1. The van der Waals surface area contributed by atoms with E-state index < -0.39 is 0 Å². The van der Waals surface area contributed by atoms with Crippen LogP contribution in [0.3, 0.4) is 0 Å². The van der Waals surface area contributed by atoms with E-state index >= 15 is 0 Å². The van der Waals surface area contributed by atoms with Crippen molar-refractivity contribution < 1.29 is 9.13 Å². The van der Waals surface area contributed by atoms with E-state index in [1.807, 2.05) is 0 Å². The maximum Gasteiger partial charge on any atom is 0.222 e. The molecule has 0 atom stereocenters. The van der Waals surface area contributed by atoms with Crippen molar-refractivity contribution in [3.63, 3.8) is 0 Å². The Kier molecular flexibility index (Phi) is 3.31. The third kappa shape index (κ3) is 2.90. The minimum Gasteiger partial charge on any atom is -0.487 e. The van der Waals surface area contributed by atoms with Crippen LogP contribution >= 0.6 is 11.6 Å². The first kappa shape index (κ1) is 10.8. The predicted octanol–water partition coefficient (Wildman–Crippen LogP) is 2.85. The van der Waals surface area contributed by atoms with Crippen LogP contribution in [-0.4, -0.2) is 9.97 Å². The summed E-state index contributed by atoms with van der Waals surface area (Å²) in [5.41, 5.74) is 0.671. The van der Waals surface area contributed by atoms with Crippen LogP contribution in [0.25, 0.3) is 0 Å². The highest BCUT2D eigenvalue weighted by atomic mass is 35.5. The molecule has 1 aromatic carbocycles. The third-order valence-corrected chi connectivity index (χ3v) is 2.07. The van der Waals surface area contributed by atoms with Gasteiger partial charge in [-0.25, -0.2) is 14.4 Å². The Morgan fingerprint density at radius 2 is 1.94 bits per heavy atom. The van der Waals surface area contributed by atoms with E-state index in [-0.39, 0.29) is 17.7 Å².